The van der Waals surface area contributed by atoms with Crippen LogP contribution in [0.1, 0.15) is 75.1 Å². The number of hydrogen-bond donors (Lipinski definition) is 2. The second-order valence-corrected chi connectivity index (χ2v) is 9.02. The predicted molar refractivity (Wildman–Crippen MR) is 109 cm³/mol. The first-order valence-corrected chi connectivity index (χ1v) is 10.1. The third-order valence-corrected chi connectivity index (χ3v) is 4.87. The van der Waals surface area contributed by atoms with Gasteiger partial charge in [-0.1, -0.05) is 19.0 Å². The Morgan fingerprint density at radius 1 is 1.31 bits per heavy atom. The lowest BCUT2D eigenvalue weighted by molar-refractivity contribution is 0.0487. The van der Waals surface area contributed by atoms with Crippen LogP contribution in [0, 0.1) is 12.8 Å². The van der Waals surface area contributed by atoms with Gasteiger partial charge in [0.15, 0.2) is 0 Å². The lowest BCUT2D eigenvalue weighted by Crippen LogP contribution is -2.48. The minimum atomic E-state index is -0.581. The van der Waals surface area contributed by atoms with E-state index in [1.54, 1.807) is 6.92 Å². The highest BCUT2D eigenvalue weighted by molar-refractivity contribution is 6.06. The topological polar surface area (TPSA) is 106 Å². The Morgan fingerprint density at radius 2 is 2.00 bits per heavy atom. The molecular weight excluding hydrogens is 372 g/mol. The lowest BCUT2D eigenvalue weighted by Gasteiger charge is -2.26. The van der Waals surface area contributed by atoms with Gasteiger partial charge in [0.2, 0.25) is 0 Å². The maximum Gasteiger partial charge on any atom is 0.407 e. The maximum atomic E-state index is 13.0. The molecule has 2 aromatic heterocycles. The molecule has 2 aromatic rings. The monoisotopic (exact) mass is 402 g/mol. The molecule has 1 atom stereocenters. The molecule has 29 heavy (non-hydrogen) atoms. The zero-order valence-corrected chi connectivity index (χ0v) is 18.0. The number of amides is 2. The molecule has 0 aliphatic heterocycles. The predicted octanol–water partition coefficient (Wildman–Crippen LogP) is 3.69. The van der Waals surface area contributed by atoms with Gasteiger partial charge in [-0.05, 0) is 52.5 Å². The molecule has 1 saturated carbocycles. The largest absolute Gasteiger partial charge is 0.444 e. The molecule has 8 nitrogen and oxygen atoms in total. The van der Waals surface area contributed by atoms with E-state index in [4.69, 9.17) is 9.26 Å². The van der Waals surface area contributed by atoms with E-state index in [0.29, 0.717) is 28.3 Å². The number of carbonyl (C=O) groups excluding carboxylic acids is 2. The summed E-state index contributed by atoms with van der Waals surface area (Å²) in [6.07, 6.45) is 1.65. The molecule has 1 unspecified atom stereocenters. The normalized spacial score (nSPS) is 15.4. The molecule has 2 amide bonds. The third kappa shape index (κ3) is 5.25. The number of carbonyl (C=O) groups is 2. The van der Waals surface area contributed by atoms with Crippen molar-refractivity contribution in [3.63, 3.8) is 0 Å². The molecular formula is C21H30N4O4. The van der Waals surface area contributed by atoms with Crippen LogP contribution >= 0.6 is 0 Å². The number of rotatable bonds is 6. The number of alkyl carbamates (subject to hydrolysis) is 1. The van der Waals surface area contributed by atoms with E-state index >= 15 is 0 Å². The zero-order valence-electron chi connectivity index (χ0n) is 18.0. The molecule has 8 heteroatoms. The van der Waals surface area contributed by atoms with Crippen molar-refractivity contribution in [1.29, 1.82) is 0 Å². The van der Waals surface area contributed by atoms with Gasteiger partial charge in [-0.2, -0.15) is 0 Å². The second kappa shape index (κ2) is 8.00. The van der Waals surface area contributed by atoms with E-state index in [1.165, 1.54) is 0 Å². The van der Waals surface area contributed by atoms with Crippen molar-refractivity contribution in [3.8, 4) is 0 Å². The fraction of sp³-hybridized carbons (Fsp3) is 0.619. The summed E-state index contributed by atoms with van der Waals surface area (Å²) in [6, 6.07) is 1.57. The van der Waals surface area contributed by atoms with E-state index in [2.05, 4.69) is 20.8 Å². The van der Waals surface area contributed by atoms with Gasteiger partial charge in [0.25, 0.3) is 11.6 Å². The van der Waals surface area contributed by atoms with Gasteiger partial charge in [-0.25, -0.2) is 9.78 Å². The Labute approximate surface area is 170 Å². The van der Waals surface area contributed by atoms with Crippen LogP contribution in [0.5, 0.6) is 0 Å². The molecule has 1 aliphatic rings. The van der Waals surface area contributed by atoms with Gasteiger partial charge < -0.3 is 19.9 Å². The van der Waals surface area contributed by atoms with Gasteiger partial charge in [-0.15, -0.1) is 0 Å². The number of pyridine rings is 1. The molecule has 2 N–H and O–H groups in total. The smallest absolute Gasteiger partial charge is 0.407 e. The number of nitrogens with zero attached hydrogens (tertiary/aromatic N) is 2. The SMILES string of the molecule is Cc1noc2nc(C3CC3)cc(C(=O)NCC(NC(=O)OC(C)(C)C)C(C)C)c12. The van der Waals surface area contributed by atoms with E-state index < -0.39 is 11.7 Å². The Morgan fingerprint density at radius 3 is 2.59 bits per heavy atom. The summed E-state index contributed by atoms with van der Waals surface area (Å²) in [6.45, 7) is 11.5. The summed E-state index contributed by atoms with van der Waals surface area (Å²) >= 11 is 0. The number of aromatic nitrogens is 2. The minimum absolute atomic E-state index is 0.111. The standard InChI is InChI=1S/C21H30N4O4/c1-11(2)16(24-20(27)28-21(4,5)6)10-22-18(26)14-9-15(13-7-8-13)23-19-17(14)12(3)25-29-19/h9,11,13,16H,7-8,10H2,1-6H3,(H,22,26)(H,24,27). The van der Waals surface area contributed by atoms with E-state index in [9.17, 15) is 9.59 Å². The van der Waals surface area contributed by atoms with Crippen LogP contribution in [0.2, 0.25) is 0 Å². The molecule has 1 aliphatic carbocycles. The molecule has 0 spiro atoms. The number of hydrogen-bond acceptors (Lipinski definition) is 6. The number of ether oxygens (including phenoxy) is 1. The molecule has 0 bridgehead atoms. The Hall–Kier alpha value is -2.64. The van der Waals surface area contributed by atoms with Crippen LogP contribution < -0.4 is 10.6 Å². The average Bonchev–Trinajstić information content (AvgIpc) is 3.39. The molecule has 0 aromatic carbocycles. The van der Waals surface area contributed by atoms with Crippen molar-refractivity contribution in [3.05, 3.63) is 23.0 Å². The van der Waals surface area contributed by atoms with Crippen molar-refractivity contribution in [2.24, 2.45) is 5.92 Å². The Kier molecular flexibility index (Phi) is 5.82. The Bertz CT molecular complexity index is 909. The molecule has 2 heterocycles. The van der Waals surface area contributed by atoms with Crippen molar-refractivity contribution >= 4 is 23.1 Å². The van der Waals surface area contributed by atoms with Gasteiger partial charge in [0.1, 0.15) is 5.60 Å². The van der Waals surface area contributed by atoms with E-state index in [1.807, 2.05) is 40.7 Å². The average molecular weight is 402 g/mol. The van der Waals surface area contributed by atoms with Crippen molar-refractivity contribution < 1.29 is 18.8 Å². The van der Waals surface area contributed by atoms with Crippen LogP contribution in [0.3, 0.4) is 0 Å². The number of fused-ring (bicyclic) bond motifs is 1. The van der Waals surface area contributed by atoms with Crippen molar-refractivity contribution in [1.82, 2.24) is 20.8 Å². The quantitative estimate of drug-likeness (QED) is 0.763. The fourth-order valence-electron chi connectivity index (χ4n) is 3.09. The first-order valence-electron chi connectivity index (χ1n) is 10.1. The molecule has 0 radical (unpaired) electrons. The van der Waals surface area contributed by atoms with Gasteiger partial charge in [0.05, 0.1) is 22.7 Å². The lowest BCUT2D eigenvalue weighted by atomic mass is 10.0. The van der Waals surface area contributed by atoms with Gasteiger partial charge >= 0.3 is 6.09 Å². The zero-order chi connectivity index (χ0) is 21.3. The van der Waals surface area contributed by atoms with Crippen LogP contribution in [-0.2, 0) is 4.74 Å². The molecule has 1 fully saturated rings. The van der Waals surface area contributed by atoms with Gasteiger partial charge in [0, 0.05) is 18.2 Å². The van der Waals surface area contributed by atoms with Gasteiger partial charge in [-0.3, -0.25) is 4.79 Å². The fourth-order valence-corrected chi connectivity index (χ4v) is 3.09. The highest BCUT2D eigenvalue weighted by Crippen LogP contribution is 2.40. The molecule has 0 saturated heterocycles. The Balaban J connectivity index is 1.73. The summed E-state index contributed by atoms with van der Waals surface area (Å²) in [4.78, 5) is 29.6. The maximum absolute atomic E-state index is 13.0. The van der Waals surface area contributed by atoms with Crippen LogP contribution in [-0.4, -0.2) is 40.3 Å². The summed E-state index contributed by atoms with van der Waals surface area (Å²) in [5, 5.41) is 10.4. The first kappa shape index (κ1) is 21.1. The number of aryl methyl sites for hydroxylation is 1. The van der Waals surface area contributed by atoms with E-state index in [-0.39, 0.29) is 24.4 Å². The van der Waals surface area contributed by atoms with Crippen LogP contribution in [0.15, 0.2) is 10.6 Å². The first-order chi connectivity index (χ1) is 13.5. The molecule has 3 rings (SSSR count). The summed E-state index contributed by atoms with van der Waals surface area (Å²) in [5.41, 5.74) is 1.82. The second-order valence-electron chi connectivity index (χ2n) is 9.02. The highest BCUT2D eigenvalue weighted by atomic mass is 16.6. The third-order valence-electron chi connectivity index (χ3n) is 4.87. The van der Waals surface area contributed by atoms with Crippen molar-refractivity contribution in [2.75, 3.05) is 6.54 Å². The van der Waals surface area contributed by atoms with E-state index in [0.717, 1.165) is 18.5 Å². The number of nitrogens with one attached hydrogen (secondary N) is 2. The summed E-state index contributed by atoms with van der Waals surface area (Å²) in [7, 11) is 0. The summed E-state index contributed by atoms with van der Waals surface area (Å²) < 4.78 is 10.6. The van der Waals surface area contributed by atoms with Crippen LogP contribution in [0.4, 0.5) is 4.79 Å². The van der Waals surface area contributed by atoms with Crippen LogP contribution in [0.25, 0.3) is 11.1 Å². The highest BCUT2D eigenvalue weighted by Gasteiger charge is 2.29. The molecule has 158 valence electrons. The minimum Gasteiger partial charge on any atom is -0.444 e. The van der Waals surface area contributed by atoms with Crippen molar-refractivity contribution in [2.45, 2.75) is 71.9 Å². The summed E-state index contributed by atoms with van der Waals surface area (Å²) in [5.74, 6) is 0.260.